The highest BCUT2D eigenvalue weighted by molar-refractivity contribution is 5.93. The van der Waals surface area contributed by atoms with Gasteiger partial charge in [0.05, 0.1) is 32.6 Å². The highest BCUT2D eigenvalue weighted by Crippen LogP contribution is 2.32. The van der Waals surface area contributed by atoms with E-state index in [1.165, 1.54) is 0 Å². The van der Waals surface area contributed by atoms with Crippen LogP contribution in [0, 0.1) is 0 Å². The van der Waals surface area contributed by atoms with Crippen LogP contribution in [0.15, 0.2) is 24.3 Å². The van der Waals surface area contributed by atoms with E-state index < -0.39 is 0 Å². The van der Waals surface area contributed by atoms with Crippen LogP contribution in [0.25, 0.3) is 11.3 Å². The lowest BCUT2D eigenvalue weighted by molar-refractivity contribution is 0.0622. The van der Waals surface area contributed by atoms with E-state index in [9.17, 15) is 4.79 Å². The van der Waals surface area contributed by atoms with Gasteiger partial charge in [0.25, 0.3) is 5.91 Å². The highest BCUT2D eigenvalue weighted by Gasteiger charge is 2.19. The minimum Gasteiger partial charge on any atom is -0.497 e. The molecule has 0 saturated carbocycles. The molecule has 1 atom stereocenters. The lowest BCUT2D eigenvalue weighted by atomic mass is 10.1. The number of amides is 1. The van der Waals surface area contributed by atoms with Crippen LogP contribution in [0.3, 0.4) is 0 Å². The number of carbonyl (C=O) groups excluding carboxylic acids is 1. The van der Waals surface area contributed by atoms with Crippen molar-refractivity contribution in [3.05, 3.63) is 30.0 Å². The Morgan fingerprint density at radius 3 is 2.92 bits per heavy atom. The van der Waals surface area contributed by atoms with Crippen LogP contribution in [0.5, 0.6) is 11.5 Å². The number of rotatable bonds is 5. The maximum atomic E-state index is 12.3. The first-order chi connectivity index (χ1) is 11.7. The molecule has 1 fully saturated rings. The molecule has 2 heterocycles. The van der Waals surface area contributed by atoms with Crippen molar-refractivity contribution in [1.82, 2.24) is 15.5 Å². The molecule has 0 aliphatic carbocycles. The SMILES string of the molecule is COc1ccc(OC)c(-c2cc(C(=O)N[C@H]3CCCOC3)[nH]n2)c1. The number of H-pyrrole nitrogens is 1. The molecule has 3 rings (SSSR count). The fraction of sp³-hybridized carbons (Fsp3) is 0.412. The van der Waals surface area contributed by atoms with Crippen LogP contribution in [0.4, 0.5) is 0 Å². The molecule has 1 aromatic carbocycles. The smallest absolute Gasteiger partial charge is 0.269 e. The summed E-state index contributed by atoms with van der Waals surface area (Å²) in [5.74, 6) is 1.17. The van der Waals surface area contributed by atoms with Gasteiger partial charge in [0.2, 0.25) is 0 Å². The van der Waals surface area contributed by atoms with Gasteiger partial charge in [0.15, 0.2) is 0 Å². The van der Waals surface area contributed by atoms with Crippen LogP contribution in [0.1, 0.15) is 23.3 Å². The number of aromatic amines is 1. The molecule has 0 bridgehead atoms. The molecule has 1 aliphatic heterocycles. The van der Waals surface area contributed by atoms with Crippen molar-refractivity contribution >= 4 is 5.91 Å². The van der Waals surface area contributed by atoms with Gasteiger partial charge in [-0.1, -0.05) is 0 Å². The number of methoxy groups -OCH3 is 2. The molecule has 7 nitrogen and oxygen atoms in total. The minimum absolute atomic E-state index is 0.0457. The molecule has 128 valence electrons. The zero-order valence-corrected chi connectivity index (χ0v) is 13.8. The Bertz CT molecular complexity index is 708. The van der Waals surface area contributed by atoms with Crippen molar-refractivity contribution in [3.63, 3.8) is 0 Å². The molecule has 0 radical (unpaired) electrons. The molecule has 0 unspecified atom stereocenters. The van der Waals surface area contributed by atoms with Crippen molar-refractivity contribution in [2.45, 2.75) is 18.9 Å². The number of aromatic nitrogens is 2. The summed E-state index contributed by atoms with van der Waals surface area (Å²) in [5.41, 5.74) is 1.78. The number of carbonyl (C=O) groups is 1. The zero-order chi connectivity index (χ0) is 16.9. The molecular weight excluding hydrogens is 310 g/mol. The second-order valence-electron chi connectivity index (χ2n) is 5.62. The highest BCUT2D eigenvalue weighted by atomic mass is 16.5. The van der Waals surface area contributed by atoms with Crippen LogP contribution in [-0.4, -0.2) is 49.6 Å². The quantitative estimate of drug-likeness (QED) is 0.875. The largest absolute Gasteiger partial charge is 0.497 e. The Labute approximate surface area is 140 Å². The van der Waals surface area contributed by atoms with E-state index in [1.807, 2.05) is 18.2 Å². The van der Waals surface area contributed by atoms with Crippen molar-refractivity contribution in [1.29, 1.82) is 0 Å². The molecule has 2 aromatic rings. The van der Waals surface area contributed by atoms with E-state index in [1.54, 1.807) is 20.3 Å². The monoisotopic (exact) mass is 331 g/mol. The molecular formula is C17H21N3O4. The second-order valence-corrected chi connectivity index (χ2v) is 5.62. The molecule has 0 spiro atoms. The molecule has 7 heteroatoms. The first-order valence-corrected chi connectivity index (χ1v) is 7.87. The number of nitrogens with one attached hydrogen (secondary N) is 2. The number of hydrogen-bond donors (Lipinski definition) is 2. The third-order valence-corrected chi connectivity index (χ3v) is 4.00. The normalized spacial score (nSPS) is 17.3. The number of benzene rings is 1. The summed E-state index contributed by atoms with van der Waals surface area (Å²) < 4.78 is 16.0. The van der Waals surface area contributed by atoms with E-state index in [0.29, 0.717) is 29.5 Å². The number of nitrogens with zero attached hydrogens (tertiary/aromatic N) is 1. The van der Waals surface area contributed by atoms with Gasteiger partial charge in [0.1, 0.15) is 17.2 Å². The fourth-order valence-corrected chi connectivity index (χ4v) is 2.71. The topological polar surface area (TPSA) is 85.5 Å². The second kappa shape index (κ2) is 7.35. The number of ether oxygens (including phenoxy) is 3. The van der Waals surface area contributed by atoms with E-state index in [-0.39, 0.29) is 11.9 Å². The summed E-state index contributed by atoms with van der Waals surface area (Å²) in [7, 11) is 3.19. The average Bonchev–Trinajstić information content (AvgIpc) is 3.12. The summed E-state index contributed by atoms with van der Waals surface area (Å²) in [6.07, 6.45) is 1.89. The first kappa shape index (κ1) is 16.3. The van der Waals surface area contributed by atoms with Gasteiger partial charge in [0, 0.05) is 12.2 Å². The van der Waals surface area contributed by atoms with Crippen molar-refractivity contribution in [2.75, 3.05) is 27.4 Å². The summed E-state index contributed by atoms with van der Waals surface area (Å²) in [6, 6.07) is 7.19. The van der Waals surface area contributed by atoms with E-state index in [4.69, 9.17) is 14.2 Å². The fourth-order valence-electron chi connectivity index (χ4n) is 2.71. The van der Waals surface area contributed by atoms with Crippen molar-refractivity contribution < 1.29 is 19.0 Å². The van der Waals surface area contributed by atoms with Gasteiger partial charge in [-0.25, -0.2) is 0 Å². The first-order valence-electron chi connectivity index (χ1n) is 7.87. The van der Waals surface area contributed by atoms with Crippen molar-refractivity contribution in [2.24, 2.45) is 0 Å². The van der Waals surface area contributed by atoms with Gasteiger partial charge >= 0.3 is 0 Å². The molecule has 1 aliphatic rings. The lowest BCUT2D eigenvalue weighted by Crippen LogP contribution is -2.40. The van der Waals surface area contributed by atoms with E-state index >= 15 is 0 Å². The Kier molecular flexibility index (Phi) is 5.00. The van der Waals surface area contributed by atoms with Gasteiger partial charge in [-0.15, -0.1) is 0 Å². The summed E-state index contributed by atoms with van der Waals surface area (Å²) in [4.78, 5) is 12.3. The lowest BCUT2D eigenvalue weighted by Gasteiger charge is -2.22. The summed E-state index contributed by atoms with van der Waals surface area (Å²) in [6.45, 7) is 1.31. The van der Waals surface area contributed by atoms with Crippen LogP contribution < -0.4 is 14.8 Å². The molecule has 2 N–H and O–H groups in total. The Hall–Kier alpha value is -2.54. The predicted octanol–water partition coefficient (Wildman–Crippen LogP) is 2.00. The van der Waals surface area contributed by atoms with Gasteiger partial charge in [-0.05, 0) is 37.1 Å². The summed E-state index contributed by atoms with van der Waals surface area (Å²) in [5, 5.41) is 9.98. The van der Waals surface area contributed by atoms with Crippen LogP contribution >= 0.6 is 0 Å². The van der Waals surface area contributed by atoms with Gasteiger partial charge in [-0.3, -0.25) is 9.89 Å². The maximum Gasteiger partial charge on any atom is 0.269 e. The maximum absolute atomic E-state index is 12.3. The van der Waals surface area contributed by atoms with Crippen LogP contribution in [-0.2, 0) is 4.74 Å². The molecule has 24 heavy (non-hydrogen) atoms. The standard InChI is InChI=1S/C17H21N3O4/c1-22-12-5-6-16(23-2)13(8-12)14-9-15(20-19-14)17(21)18-11-4-3-7-24-10-11/h5-6,8-9,11H,3-4,7,10H2,1-2H3,(H,18,21)(H,19,20)/t11-/m0/s1. The van der Waals surface area contributed by atoms with Crippen molar-refractivity contribution in [3.8, 4) is 22.8 Å². The predicted molar refractivity (Wildman–Crippen MR) is 88.4 cm³/mol. The molecule has 1 saturated heterocycles. The Morgan fingerprint density at radius 1 is 1.33 bits per heavy atom. The Balaban J connectivity index is 1.78. The Morgan fingerprint density at radius 2 is 2.21 bits per heavy atom. The zero-order valence-electron chi connectivity index (χ0n) is 13.8. The van der Waals surface area contributed by atoms with E-state index in [2.05, 4.69) is 15.5 Å². The van der Waals surface area contributed by atoms with Crippen LogP contribution in [0.2, 0.25) is 0 Å². The third-order valence-electron chi connectivity index (χ3n) is 4.00. The van der Waals surface area contributed by atoms with Gasteiger partial charge < -0.3 is 19.5 Å². The minimum atomic E-state index is -0.189. The molecule has 1 amide bonds. The number of hydrogen-bond acceptors (Lipinski definition) is 5. The van der Waals surface area contributed by atoms with Gasteiger partial charge in [-0.2, -0.15) is 5.10 Å². The summed E-state index contributed by atoms with van der Waals surface area (Å²) >= 11 is 0. The van der Waals surface area contributed by atoms with E-state index in [0.717, 1.165) is 25.0 Å². The molecule has 1 aromatic heterocycles. The average molecular weight is 331 g/mol. The third kappa shape index (κ3) is 3.51.